The second-order valence-electron chi connectivity index (χ2n) is 4.95. The van der Waals surface area contributed by atoms with Crippen LogP contribution in [0.15, 0.2) is 12.3 Å². The van der Waals surface area contributed by atoms with Gasteiger partial charge in [0.1, 0.15) is 11.3 Å². The molecule has 1 aliphatic rings. The lowest BCUT2D eigenvalue weighted by molar-refractivity contribution is 0.669. The van der Waals surface area contributed by atoms with Crippen LogP contribution in [-0.2, 0) is 13.0 Å². The van der Waals surface area contributed by atoms with Gasteiger partial charge in [0.05, 0.1) is 0 Å². The molecule has 3 nitrogen and oxygen atoms in total. The van der Waals surface area contributed by atoms with Crippen LogP contribution in [-0.4, -0.2) is 42.9 Å². The zero-order valence-electron chi connectivity index (χ0n) is 11.5. The van der Waals surface area contributed by atoms with Crippen molar-refractivity contribution in [3.63, 3.8) is 0 Å². The van der Waals surface area contributed by atoms with E-state index in [1.165, 1.54) is 22.8 Å². The molecular formula is C14H18ClN3S2. The summed E-state index contributed by atoms with van der Waals surface area (Å²) in [4.78, 5) is 9.32. The summed E-state index contributed by atoms with van der Waals surface area (Å²) < 4.78 is 2.29. The molecule has 20 heavy (non-hydrogen) atoms. The van der Waals surface area contributed by atoms with Crippen molar-refractivity contribution >= 4 is 46.3 Å². The molecule has 0 radical (unpaired) electrons. The van der Waals surface area contributed by atoms with Crippen molar-refractivity contribution < 1.29 is 0 Å². The normalized spacial score (nSPS) is 19.6. The van der Waals surface area contributed by atoms with Crippen molar-refractivity contribution in [2.24, 2.45) is 0 Å². The highest BCUT2D eigenvalue weighted by Gasteiger charge is 2.19. The Bertz CT molecular complexity index is 593. The van der Waals surface area contributed by atoms with Crippen LogP contribution in [0.4, 0.5) is 0 Å². The SMILES string of the molecule is Cc1ccnc2c1nc(CCCl)n2CC1CSCCS1. The number of imidazole rings is 1. The number of halogens is 1. The summed E-state index contributed by atoms with van der Waals surface area (Å²) in [5, 5.41) is 0.655. The number of fused-ring (bicyclic) bond motifs is 1. The number of rotatable bonds is 4. The Morgan fingerprint density at radius 1 is 1.45 bits per heavy atom. The lowest BCUT2D eigenvalue weighted by atomic mass is 10.3. The van der Waals surface area contributed by atoms with Crippen molar-refractivity contribution in [3.8, 4) is 0 Å². The van der Waals surface area contributed by atoms with Gasteiger partial charge in [0.25, 0.3) is 0 Å². The zero-order chi connectivity index (χ0) is 13.9. The second-order valence-corrected chi connectivity index (χ2v) is 7.88. The Balaban J connectivity index is 1.97. The number of thioether (sulfide) groups is 2. The zero-order valence-corrected chi connectivity index (χ0v) is 13.9. The monoisotopic (exact) mass is 327 g/mol. The lowest BCUT2D eigenvalue weighted by Gasteiger charge is -2.22. The highest BCUT2D eigenvalue weighted by atomic mass is 35.5. The van der Waals surface area contributed by atoms with E-state index in [2.05, 4.69) is 40.0 Å². The summed E-state index contributed by atoms with van der Waals surface area (Å²) >= 11 is 10.1. The van der Waals surface area contributed by atoms with E-state index < -0.39 is 0 Å². The minimum absolute atomic E-state index is 0.606. The van der Waals surface area contributed by atoms with Crippen LogP contribution < -0.4 is 0 Å². The van der Waals surface area contributed by atoms with Crippen LogP contribution in [0.1, 0.15) is 11.4 Å². The van der Waals surface area contributed by atoms with E-state index in [0.717, 1.165) is 30.0 Å². The molecule has 0 N–H and O–H groups in total. The summed E-state index contributed by atoms with van der Waals surface area (Å²) in [6.07, 6.45) is 2.69. The van der Waals surface area contributed by atoms with Crippen LogP contribution in [0.25, 0.3) is 11.2 Å². The van der Waals surface area contributed by atoms with Crippen LogP contribution in [0, 0.1) is 6.92 Å². The Kier molecular flexibility index (Phi) is 4.79. The number of hydrogen-bond acceptors (Lipinski definition) is 4. The molecule has 0 spiro atoms. The van der Waals surface area contributed by atoms with Crippen molar-refractivity contribution in [1.82, 2.24) is 14.5 Å². The van der Waals surface area contributed by atoms with Gasteiger partial charge in [-0.05, 0) is 18.6 Å². The summed E-state index contributed by atoms with van der Waals surface area (Å²) in [5.74, 6) is 5.43. The third-order valence-electron chi connectivity index (χ3n) is 3.50. The van der Waals surface area contributed by atoms with E-state index in [1.807, 2.05) is 12.3 Å². The van der Waals surface area contributed by atoms with E-state index in [4.69, 9.17) is 16.6 Å². The van der Waals surface area contributed by atoms with Gasteiger partial charge in [0, 0.05) is 47.6 Å². The molecule has 2 aromatic rings. The fraction of sp³-hybridized carbons (Fsp3) is 0.571. The summed E-state index contributed by atoms with van der Waals surface area (Å²) in [6.45, 7) is 3.09. The molecule has 0 amide bonds. The largest absolute Gasteiger partial charge is 0.312 e. The number of alkyl halides is 1. The highest BCUT2D eigenvalue weighted by Crippen LogP contribution is 2.27. The van der Waals surface area contributed by atoms with Gasteiger partial charge < -0.3 is 4.57 Å². The number of nitrogens with zero attached hydrogens (tertiary/aromatic N) is 3. The maximum absolute atomic E-state index is 5.94. The van der Waals surface area contributed by atoms with Crippen molar-refractivity contribution in [3.05, 3.63) is 23.7 Å². The topological polar surface area (TPSA) is 30.7 Å². The molecular weight excluding hydrogens is 310 g/mol. The highest BCUT2D eigenvalue weighted by molar-refractivity contribution is 8.06. The molecule has 0 aliphatic carbocycles. The van der Waals surface area contributed by atoms with Gasteiger partial charge in [-0.1, -0.05) is 0 Å². The Labute approximate surface area is 132 Å². The van der Waals surface area contributed by atoms with Gasteiger partial charge in [0.2, 0.25) is 0 Å². The molecule has 3 rings (SSSR count). The van der Waals surface area contributed by atoms with E-state index in [-0.39, 0.29) is 0 Å². The molecule has 1 unspecified atom stereocenters. The van der Waals surface area contributed by atoms with Gasteiger partial charge in [-0.3, -0.25) is 0 Å². The maximum Gasteiger partial charge on any atom is 0.160 e. The molecule has 0 aromatic carbocycles. The Hall–Kier alpha value is -0.390. The molecule has 2 aromatic heterocycles. The first kappa shape index (κ1) is 14.5. The van der Waals surface area contributed by atoms with Gasteiger partial charge in [-0.2, -0.15) is 23.5 Å². The molecule has 108 valence electrons. The fourth-order valence-corrected chi connectivity index (χ4v) is 5.32. The summed E-state index contributed by atoms with van der Waals surface area (Å²) in [5.41, 5.74) is 3.23. The Morgan fingerprint density at radius 3 is 3.10 bits per heavy atom. The van der Waals surface area contributed by atoms with E-state index in [0.29, 0.717) is 11.1 Å². The molecule has 1 saturated heterocycles. The molecule has 6 heteroatoms. The van der Waals surface area contributed by atoms with E-state index >= 15 is 0 Å². The predicted molar refractivity (Wildman–Crippen MR) is 90.3 cm³/mol. The van der Waals surface area contributed by atoms with Crippen LogP contribution >= 0.6 is 35.1 Å². The summed E-state index contributed by atoms with van der Waals surface area (Å²) in [7, 11) is 0. The third-order valence-corrected chi connectivity index (χ3v) is 6.52. The van der Waals surface area contributed by atoms with Crippen LogP contribution in [0.3, 0.4) is 0 Å². The van der Waals surface area contributed by atoms with E-state index in [1.54, 1.807) is 0 Å². The van der Waals surface area contributed by atoms with Crippen molar-refractivity contribution in [1.29, 1.82) is 0 Å². The summed E-state index contributed by atoms with van der Waals surface area (Å²) in [6, 6.07) is 2.02. The van der Waals surface area contributed by atoms with Crippen molar-refractivity contribution in [2.45, 2.75) is 25.1 Å². The molecule has 0 bridgehead atoms. The van der Waals surface area contributed by atoms with Gasteiger partial charge >= 0.3 is 0 Å². The molecule has 1 fully saturated rings. The smallest absolute Gasteiger partial charge is 0.160 e. The standard InChI is InChI=1S/C14H18ClN3S2/c1-10-3-5-16-14-13(10)17-12(2-4-15)18(14)8-11-9-19-6-7-20-11/h3,5,11H,2,4,6-9H2,1H3. The molecule has 1 aliphatic heterocycles. The molecule has 3 heterocycles. The average molecular weight is 328 g/mol. The Morgan fingerprint density at radius 2 is 2.35 bits per heavy atom. The first-order valence-electron chi connectivity index (χ1n) is 6.85. The second kappa shape index (κ2) is 6.58. The number of hydrogen-bond donors (Lipinski definition) is 0. The van der Waals surface area contributed by atoms with Crippen LogP contribution in [0.5, 0.6) is 0 Å². The van der Waals surface area contributed by atoms with E-state index in [9.17, 15) is 0 Å². The fourth-order valence-electron chi connectivity index (χ4n) is 2.50. The van der Waals surface area contributed by atoms with Gasteiger partial charge in [-0.25, -0.2) is 9.97 Å². The predicted octanol–water partition coefficient (Wildman–Crippen LogP) is 3.37. The molecule has 0 saturated carbocycles. The average Bonchev–Trinajstić information content (AvgIpc) is 2.81. The van der Waals surface area contributed by atoms with Crippen LogP contribution in [0.2, 0.25) is 0 Å². The first-order valence-corrected chi connectivity index (χ1v) is 9.59. The third kappa shape index (κ3) is 2.95. The lowest BCUT2D eigenvalue weighted by Crippen LogP contribution is -2.22. The number of pyridine rings is 1. The minimum Gasteiger partial charge on any atom is -0.312 e. The van der Waals surface area contributed by atoms with Gasteiger partial charge in [0.15, 0.2) is 5.65 Å². The number of aryl methyl sites for hydroxylation is 2. The minimum atomic E-state index is 0.606. The number of aromatic nitrogens is 3. The maximum atomic E-state index is 5.94. The first-order chi connectivity index (χ1) is 9.79. The van der Waals surface area contributed by atoms with Crippen molar-refractivity contribution in [2.75, 3.05) is 23.1 Å². The molecule has 1 atom stereocenters. The van der Waals surface area contributed by atoms with Gasteiger partial charge in [-0.15, -0.1) is 11.6 Å². The quantitative estimate of drug-likeness (QED) is 0.806.